The fourth-order valence-electron chi connectivity index (χ4n) is 2.22. The van der Waals surface area contributed by atoms with Gasteiger partial charge in [-0.25, -0.2) is 0 Å². The van der Waals surface area contributed by atoms with E-state index in [1.807, 2.05) is 0 Å². The summed E-state index contributed by atoms with van der Waals surface area (Å²) in [7, 11) is 0. The van der Waals surface area contributed by atoms with Crippen molar-refractivity contribution in [3.05, 3.63) is 20.8 Å². The first-order chi connectivity index (χ1) is 7.70. The maximum Gasteiger partial charge on any atom is 0.0934 e. The van der Waals surface area contributed by atoms with Crippen LogP contribution in [-0.2, 0) is 6.42 Å². The number of aryl methyl sites for hydroxylation is 1. The lowest BCUT2D eigenvalue weighted by Gasteiger charge is -2.25. The molecule has 2 atom stereocenters. The van der Waals surface area contributed by atoms with Crippen LogP contribution in [-0.4, -0.2) is 6.54 Å². The van der Waals surface area contributed by atoms with Crippen molar-refractivity contribution in [1.29, 1.82) is 0 Å². The Hall–Kier alpha value is -0.0500. The number of halogens is 1. The van der Waals surface area contributed by atoms with Crippen LogP contribution in [0, 0.1) is 5.92 Å². The van der Waals surface area contributed by atoms with Gasteiger partial charge in [-0.3, -0.25) is 0 Å². The highest BCUT2D eigenvalue weighted by Gasteiger charge is 2.22. The number of thiophene rings is 1. The van der Waals surface area contributed by atoms with Gasteiger partial charge < -0.3 is 5.32 Å². The van der Waals surface area contributed by atoms with E-state index < -0.39 is 0 Å². The van der Waals surface area contributed by atoms with Gasteiger partial charge in [-0.15, -0.1) is 11.3 Å². The zero-order valence-corrected chi connectivity index (χ0v) is 11.6. The summed E-state index contributed by atoms with van der Waals surface area (Å²) in [5, 5.41) is 3.69. The molecule has 2 unspecified atom stereocenters. The molecule has 0 aromatic carbocycles. The summed E-state index contributed by atoms with van der Waals surface area (Å²) in [5.74, 6) is 0.763. The number of rotatable bonds is 4. The molecule has 1 aliphatic rings. The van der Waals surface area contributed by atoms with Crippen molar-refractivity contribution in [3.8, 4) is 0 Å². The fraction of sp³-hybridized carbons (Fsp3) is 0.692. The van der Waals surface area contributed by atoms with Crippen LogP contribution in [0.15, 0.2) is 6.07 Å². The van der Waals surface area contributed by atoms with Crippen LogP contribution in [0.2, 0.25) is 4.34 Å². The molecule has 0 aliphatic heterocycles. The molecule has 0 bridgehead atoms. The Morgan fingerprint density at radius 2 is 2.44 bits per heavy atom. The Kier molecular flexibility index (Phi) is 4.28. The zero-order chi connectivity index (χ0) is 11.5. The van der Waals surface area contributed by atoms with Crippen molar-refractivity contribution in [3.63, 3.8) is 0 Å². The number of hydrogen-bond donors (Lipinski definition) is 1. The molecule has 1 aromatic rings. The van der Waals surface area contributed by atoms with Gasteiger partial charge in [0.25, 0.3) is 0 Å². The Morgan fingerprint density at radius 3 is 3.19 bits per heavy atom. The minimum Gasteiger partial charge on any atom is -0.310 e. The first-order valence-corrected chi connectivity index (χ1v) is 7.41. The summed E-state index contributed by atoms with van der Waals surface area (Å²) in [6.07, 6.45) is 5.02. The van der Waals surface area contributed by atoms with E-state index >= 15 is 0 Å². The zero-order valence-electron chi connectivity index (χ0n) is 10.1. The van der Waals surface area contributed by atoms with Gasteiger partial charge in [0.05, 0.1) is 4.34 Å². The quantitative estimate of drug-likeness (QED) is 0.842. The highest BCUT2D eigenvalue weighted by molar-refractivity contribution is 7.16. The Bertz CT molecular complexity index is 348. The molecule has 0 radical (unpaired) electrons. The predicted molar refractivity (Wildman–Crippen MR) is 72.5 cm³/mol. The maximum absolute atomic E-state index is 6.10. The molecular weight excluding hydrogens is 238 g/mol. The predicted octanol–water partition coefficient (Wildman–Crippen LogP) is 4.41. The van der Waals surface area contributed by atoms with Crippen molar-refractivity contribution in [2.75, 3.05) is 6.54 Å². The molecule has 1 N–H and O–H groups in total. The van der Waals surface area contributed by atoms with Crippen LogP contribution >= 0.6 is 22.9 Å². The molecule has 0 saturated carbocycles. The summed E-state index contributed by atoms with van der Waals surface area (Å²) in [6.45, 7) is 5.67. The standard InChI is InChI=1S/C13H20ClNS/c1-3-9(2)8-15-11-5-4-6-12-10(11)7-13(14)16-12/h7,9,11,15H,3-6,8H2,1-2H3. The van der Waals surface area contributed by atoms with Crippen molar-refractivity contribution in [2.45, 2.75) is 45.6 Å². The molecular formula is C13H20ClNS. The molecule has 1 aromatic heterocycles. The summed E-state index contributed by atoms with van der Waals surface area (Å²) in [5.41, 5.74) is 1.46. The van der Waals surface area contributed by atoms with E-state index in [0.717, 1.165) is 16.8 Å². The van der Waals surface area contributed by atoms with E-state index in [0.29, 0.717) is 6.04 Å². The van der Waals surface area contributed by atoms with E-state index in [1.54, 1.807) is 11.3 Å². The van der Waals surface area contributed by atoms with Crippen molar-refractivity contribution in [2.24, 2.45) is 5.92 Å². The normalized spacial score (nSPS) is 21.8. The summed E-state index contributed by atoms with van der Waals surface area (Å²) in [6, 6.07) is 2.70. The fourth-order valence-corrected chi connectivity index (χ4v) is 3.60. The highest BCUT2D eigenvalue weighted by atomic mass is 35.5. The lowest BCUT2D eigenvalue weighted by atomic mass is 9.93. The average Bonchev–Trinajstić information content (AvgIpc) is 2.66. The van der Waals surface area contributed by atoms with Crippen LogP contribution in [0.1, 0.15) is 49.6 Å². The second-order valence-electron chi connectivity index (χ2n) is 4.80. The largest absolute Gasteiger partial charge is 0.310 e. The van der Waals surface area contributed by atoms with E-state index in [-0.39, 0.29) is 0 Å². The first-order valence-electron chi connectivity index (χ1n) is 6.22. The average molecular weight is 258 g/mol. The lowest BCUT2D eigenvalue weighted by Crippen LogP contribution is -2.28. The minimum atomic E-state index is 0.543. The smallest absolute Gasteiger partial charge is 0.0934 e. The summed E-state index contributed by atoms with van der Waals surface area (Å²) < 4.78 is 0.947. The van der Waals surface area contributed by atoms with Gasteiger partial charge in [0.1, 0.15) is 0 Å². The number of hydrogen-bond acceptors (Lipinski definition) is 2. The van der Waals surface area contributed by atoms with Crippen LogP contribution in [0.25, 0.3) is 0 Å². The molecule has 0 fully saturated rings. The third-order valence-electron chi connectivity index (χ3n) is 3.49. The van der Waals surface area contributed by atoms with Crippen LogP contribution < -0.4 is 5.32 Å². The van der Waals surface area contributed by atoms with Crippen LogP contribution in [0.3, 0.4) is 0 Å². The summed E-state index contributed by atoms with van der Waals surface area (Å²) >= 11 is 7.86. The second-order valence-corrected chi connectivity index (χ2v) is 6.56. The van der Waals surface area contributed by atoms with Gasteiger partial charge in [0.2, 0.25) is 0 Å². The lowest BCUT2D eigenvalue weighted by molar-refractivity contribution is 0.411. The van der Waals surface area contributed by atoms with E-state index in [9.17, 15) is 0 Å². The molecule has 3 heteroatoms. The van der Waals surface area contributed by atoms with Gasteiger partial charge in [0.15, 0.2) is 0 Å². The van der Waals surface area contributed by atoms with Crippen molar-refractivity contribution >= 4 is 22.9 Å². The highest BCUT2D eigenvalue weighted by Crippen LogP contribution is 2.37. The molecule has 1 aliphatic carbocycles. The SMILES string of the molecule is CCC(C)CNC1CCCc2sc(Cl)cc21. The molecule has 1 heterocycles. The minimum absolute atomic E-state index is 0.543. The molecule has 0 spiro atoms. The number of nitrogens with one attached hydrogen (secondary N) is 1. The van der Waals surface area contributed by atoms with E-state index in [2.05, 4.69) is 25.2 Å². The van der Waals surface area contributed by atoms with Crippen LogP contribution in [0.4, 0.5) is 0 Å². The van der Waals surface area contributed by atoms with Gasteiger partial charge >= 0.3 is 0 Å². The Labute approximate surface area is 107 Å². The second kappa shape index (κ2) is 5.52. The monoisotopic (exact) mass is 257 g/mol. The third-order valence-corrected chi connectivity index (χ3v) is 4.83. The molecule has 16 heavy (non-hydrogen) atoms. The van der Waals surface area contributed by atoms with Gasteiger partial charge in [-0.1, -0.05) is 31.9 Å². The van der Waals surface area contributed by atoms with Crippen molar-refractivity contribution < 1.29 is 0 Å². The van der Waals surface area contributed by atoms with E-state index in [1.165, 1.54) is 36.1 Å². The summed E-state index contributed by atoms with van der Waals surface area (Å²) in [4.78, 5) is 1.50. The number of fused-ring (bicyclic) bond motifs is 1. The molecule has 1 nitrogen and oxygen atoms in total. The molecule has 0 saturated heterocycles. The molecule has 2 rings (SSSR count). The topological polar surface area (TPSA) is 12.0 Å². The van der Waals surface area contributed by atoms with E-state index in [4.69, 9.17) is 11.6 Å². The maximum atomic E-state index is 6.10. The molecule has 90 valence electrons. The van der Waals surface area contributed by atoms with Gasteiger partial charge in [0, 0.05) is 10.9 Å². The Balaban J connectivity index is 2.01. The third kappa shape index (κ3) is 2.79. The van der Waals surface area contributed by atoms with Gasteiger partial charge in [-0.05, 0) is 43.4 Å². The Morgan fingerprint density at radius 1 is 1.62 bits per heavy atom. The van der Waals surface area contributed by atoms with Crippen molar-refractivity contribution in [1.82, 2.24) is 5.32 Å². The van der Waals surface area contributed by atoms with Crippen LogP contribution in [0.5, 0.6) is 0 Å². The van der Waals surface area contributed by atoms with Gasteiger partial charge in [-0.2, -0.15) is 0 Å². The molecule has 0 amide bonds. The first kappa shape index (κ1) is 12.4.